The van der Waals surface area contributed by atoms with E-state index in [9.17, 15) is 4.79 Å². The highest BCUT2D eigenvalue weighted by molar-refractivity contribution is 6.18. The lowest BCUT2D eigenvalue weighted by Crippen LogP contribution is -2.51. The summed E-state index contributed by atoms with van der Waals surface area (Å²) in [5.74, 6) is 0.655. The molecule has 2 rings (SSSR count). The van der Waals surface area contributed by atoms with Crippen LogP contribution in [-0.4, -0.2) is 54.7 Å². The van der Waals surface area contributed by atoms with Crippen molar-refractivity contribution in [2.45, 2.75) is 57.3 Å². The van der Waals surface area contributed by atoms with Gasteiger partial charge in [0.05, 0.1) is 30.7 Å². The van der Waals surface area contributed by atoms with Crippen LogP contribution < -0.4 is 0 Å². The number of hydrogen-bond donors (Lipinski definition) is 0. The minimum atomic E-state index is -0.0206. The second-order valence-corrected chi connectivity index (χ2v) is 5.84. The molecule has 0 spiro atoms. The van der Waals surface area contributed by atoms with Crippen molar-refractivity contribution in [2.75, 3.05) is 25.6 Å². The third-order valence-electron chi connectivity index (χ3n) is 3.95. The Bertz CT molecular complexity index is 294. The van der Waals surface area contributed by atoms with Gasteiger partial charge in [0.25, 0.3) is 0 Å². The van der Waals surface area contributed by atoms with Gasteiger partial charge in [0.2, 0.25) is 5.91 Å². The minimum absolute atomic E-state index is 0.0206. The van der Waals surface area contributed by atoms with Crippen LogP contribution in [0.1, 0.15) is 39.0 Å². The zero-order valence-corrected chi connectivity index (χ0v) is 12.4. The van der Waals surface area contributed by atoms with Crippen LogP contribution in [-0.2, 0) is 14.3 Å². The molecule has 4 nitrogen and oxygen atoms in total. The van der Waals surface area contributed by atoms with Gasteiger partial charge in [-0.05, 0) is 32.6 Å². The van der Waals surface area contributed by atoms with Gasteiger partial charge in [-0.2, -0.15) is 0 Å². The Balaban J connectivity index is 1.77. The molecule has 2 saturated heterocycles. The van der Waals surface area contributed by atoms with Crippen molar-refractivity contribution >= 4 is 17.5 Å². The zero-order valence-electron chi connectivity index (χ0n) is 11.6. The highest BCUT2D eigenvalue weighted by Crippen LogP contribution is 2.19. The molecule has 0 aromatic rings. The van der Waals surface area contributed by atoms with Crippen LogP contribution in [0.15, 0.2) is 0 Å². The van der Waals surface area contributed by atoms with E-state index in [1.54, 1.807) is 0 Å². The summed E-state index contributed by atoms with van der Waals surface area (Å²) >= 11 is 5.81. The number of carbonyl (C=O) groups excluding carboxylic acids is 1. The molecule has 2 fully saturated rings. The number of amides is 1. The van der Waals surface area contributed by atoms with Crippen molar-refractivity contribution in [3.63, 3.8) is 0 Å². The lowest BCUT2D eigenvalue weighted by atomic mass is 10.0. The maximum atomic E-state index is 12.3. The molecule has 2 aliphatic heterocycles. The van der Waals surface area contributed by atoms with E-state index < -0.39 is 0 Å². The maximum absolute atomic E-state index is 12.3. The third kappa shape index (κ3) is 4.33. The Labute approximate surface area is 120 Å². The van der Waals surface area contributed by atoms with Gasteiger partial charge in [-0.3, -0.25) is 4.79 Å². The second-order valence-electron chi connectivity index (χ2n) is 5.53. The highest BCUT2D eigenvalue weighted by atomic mass is 35.5. The van der Waals surface area contributed by atoms with E-state index >= 15 is 0 Å². The molecular weight excluding hydrogens is 266 g/mol. The van der Waals surface area contributed by atoms with Crippen molar-refractivity contribution in [3.8, 4) is 0 Å². The molecule has 5 heteroatoms. The number of alkyl halides is 1. The quantitative estimate of drug-likeness (QED) is 0.745. The average Bonchev–Trinajstić information content (AvgIpc) is 2.46. The van der Waals surface area contributed by atoms with Crippen molar-refractivity contribution in [1.29, 1.82) is 0 Å². The minimum Gasteiger partial charge on any atom is -0.378 e. The lowest BCUT2D eigenvalue weighted by molar-refractivity contribution is -0.144. The standard InChI is InChI=1S/C14H24ClNO3/c1-11-10-19-13(8-15)9-16(11)14(17)6-5-12-4-2-3-7-18-12/h11-13H,2-10H2,1H3. The summed E-state index contributed by atoms with van der Waals surface area (Å²) in [6.45, 7) is 4.08. The molecule has 0 saturated carbocycles. The molecule has 0 aromatic carbocycles. The lowest BCUT2D eigenvalue weighted by Gasteiger charge is -2.37. The van der Waals surface area contributed by atoms with Crippen LogP contribution in [0.5, 0.6) is 0 Å². The largest absolute Gasteiger partial charge is 0.378 e. The normalized spacial score (nSPS) is 32.3. The average molecular weight is 290 g/mol. The van der Waals surface area contributed by atoms with E-state index in [1.807, 2.05) is 11.8 Å². The monoisotopic (exact) mass is 289 g/mol. The molecule has 0 aliphatic carbocycles. The topological polar surface area (TPSA) is 38.8 Å². The van der Waals surface area contributed by atoms with Crippen molar-refractivity contribution in [2.24, 2.45) is 0 Å². The van der Waals surface area contributed by atoms with E-state index in [0.29, 0.717) is 25.5 Å². The number of morpholine rings is 1. The van der Waals surface area contributed by atoms with Crippen LogP contribution in [0.3, 0.4) is 0 Å². The summed E-state index contributed by atoms with van der Waals surface area (Å²) in [4.78, 5) is 14.2. The van der Waals surface area contributed by atoms with Gasteiger partial charge in [0.15, 0.2) is 0 Å². The fraction of sp³-hybridized carbons (Fsp3) is 0.929. The molecule has 0 bridgehead atoms. The fourth-order valence-corrected chi connectivity index (χ4v) is 2.91. The number of halogens is 1. The van der Waals surface area contributed by atoms with E-state index in [0.717, 1.165) is 25.9 Å². The summed E-state index contributed by atoms with van der Waals surface area (Å²) in [5, 5.41) is 0. The van der Waals surface area contributed by atoms with Gasteiger partial charge in [0.1, 0.15) is 0 Å². The highest BCUT2D eigenvalue weighted by Gasteiger charge is 2.29. The summed E-state index contributed by atoms with van der Waals surface area (Å²) in [6.07, 6.45) is 5.14. The van der Waals surface area contributed by atoms with E-state index in [-0.39, 0.29) is 24.2 Å². The maximum Gasteiger partial charge on any atom is 0.223 e. The first-order chi connectivity index (χ1) is 9.20. The van der Waals surface area contributed by atoms with Crippen molar-refractivity contribution < 1.29 is 14.3 Å². The number of hydrogen-bond acceptors (Lipinski definition) is 3. The van der Waals surface area contributed by atoms with Crippen LogP contribution in [0.2, 0.25) is 0 Å². The van der Waals surface area contributed by atoms with Gasteiger partial charge < -0.3 is 14.4 Å². The molecule has 3 unspecified atom stereocenters. The number of rotatable bonds is 4. The molecule has 3 atom stereocenters. The van der Waals surface area contributed by atoms with E-state index in [2.05, 4.69) is 0 Å². The molecule has 110 valence electrons. The molecule has 2 aliphatic rings. The predicted octanol–water partition coefficient (Wildman–Crippen LogP) is 2.19. The summed E-state index contributed by atoms with van der Waals surface area (Å²) in [7, 11) is 0. The van der Waals surface area contributed by atoms with Crippen molar-refractivity contribution in [1.82, 2.24) is 4.90 Å². The van der Waals surface area contributed by atoms with Gasteiger partial charge in [-0.15, -0.1) is 11.6 Å². The smallest absolute Gasteiger partial charge is 0.223 e. The number of ether oxygens (including phenoxy) is 2. The van der Waals surface area contributed by atoms with Crippen LogP contribution >= 0.6 is 11.6 Å². The first kappa shape index (κ1) is 15.1. The molecule has 0 radical (unpaired) electrons. The van der Waals surface area contributed by atoms with Crippen LogP contribution in [0.4, 0.5) is 0 Å². The molecule has 2 heterocycles. The molecule has 1 amide bonds. The molecule has 19 heavy (non-hydrogen) atoms. The Kier molecular flexibility index (Phi) is 5.92. The zero-order chi connectivity index (χ0) is 13.7. The number of nitrogens with zero attached hydrogens (tertiary/aromatic N) is 1. The molecule has 0 N–H and O–H groups in total. The summed E-state index contributed by atoms with van der Waals surface area (Å²) < 4.78 is 11.2. The molecule has 0 aromatic heterocycles. The van der Waals surface area contributed by atoms with E-state index in [4.69, 9.17) is 21.1 Å². The first-order valence-corrected chi connectivity index (χ1v) is 7.82. The summed E-state index contributed by atoms with van der Waals surface area (Å²) in [6, 6.07) is 0.152. The first-order valence-electron chi connectivity index (χ1n) is 7.29. The van der Waals surface area contributed by atoms with Crippen LogP contribution in [0.25, 0.3) is 0 Å². The van der Waals surface area contributed by atoms with Gasteiger partial charge >= 0.3 is 0 Å². The number of carbonyl (C=O) groups is 1. The summed E-state index contributed by atoms with van der Waals surface area (Å²) in [5.41, 5.74) is 0. The Morgan fingerprint density at radius 2 is 2.16 bits per heavy atom. The van der Waals surface area contributed by atoms with E-state index in [1.165, 1.54) is 6.42 Å². The van der Waals surface area contributed by atoms with Gasteiger partial charge in [-0.25, -0.2) is 0 Å². The SMILES string of the molecule is CC1COC(CCl)CN1C(=O)CCC1CCCCO1. The second kappa shape index (κ2) is 7.46. The van der Waals surface area contributed by atoms with Crippen LogP contribution in [0, 0.1) is 0 Å². The predicted molar refractivity (Wildman–Crippen MR) is 74.5 cm³/mol. The fourth-order valence-electron chi connectivity index (χ4n) is 2.72. The third-order valence-corrected chi connectivity index (χ3v) is 4.30. The Morgan fingerprint density at radius 3 is 2.84 bits per heavy atom. The van der Waals surface area contributed by atoms with Gasteiger partial charge in [0, 0.05) is 19.6 Å². The van der Waals surface area contributed by atoms with Gasteiger partial charge in [-0.1, -0.05) is 0 Å². The molecular formula is C14H24ClNO3. The Hall–Kier alpha value is -0.320. The van der Waals surface area contributed by atoms with Crippen molar-refractivity contribution in [3.05, 3.63) is 0 Å². The Morgan fingerprint density at radius 1 is 1.32 bits per heavy atom.